The SMILES string of the molecule is CC(=O)Nc1ccc(CC(=O)OCc2csc(Nc3ccccc3)n2)cc1. The summed E-state index contributed by atoms with van der Waals surface area (Å²) >= 11 is 1.46. The highest BCUT2D eigenvalue weighted by molar-refractivity contribution is 7.13. The van der Waals surface area contributed by atoms with Crippen LogP contribution in [0.15, 0.2) is 60.0 Å². The third kappa shape index (κ3) is 5.93. The van der Waals surface area contributed by atoms with E-state index in [0.29, 0.717) is 11.4 Å². The Bertz CT molecular complexity index is 908. The van der Waals surface area contributed by atoms with Gasteiger partial charge in [-0.15, -0.1) is 11.3 Å². The van der Waals surface area contributed by atoms with E-state index in [1.807, 2.05) is 35.7 Å². The zero-order chi connectivity index (χ0) is 19.1. The second-order valence-electron chi connectivity index (χ2n) is 5.85. The van der Waals surface area contributed by atoms with Gasteiger partial charge in [0.15, 0.2) is 5.13 Å². The minimum Gasteiger partial charge on any atom is -0.459 e. The molecule has 2 N–H and O–H groups in total. The van der Waals surface area contributed by atoms with E-state index in [2.05, 4.69) is 15.6 Å². The summed E-state index contributed by atoms with van der Waals surface area (Å²) in [6.07, 6.45) is 0.166. The fourth-order valence-corrected chi connectivity index (χ4v) is 3.07. The number of rotatable bonds is 7. The van der Waals surface area contributed by atoms with E-state index in [9.17, 15) is 9.59 Å². The molecule has 0 aliphatic rings. The van der Waals surface area contributed by atoms with Crippen molar-refractivity contribution in [2.75, 3.05) is 10.6 Å². The molecule has 0 unspecified atom stereocenters. The Kier molecular flexibility index (Phi) is 6.17. The van der Waals surface area contributed by atoms with E-state index in [1.54, 1.807) is 24.3 Å². The monoisotopic (exact) mass is 381 g/mol. The molecule has 1 heterocycles. The molecule has 1 amide bonds. The van der Waals surface area contributed by atoms with Gasteiger partial charge in [0.25, 0.3) is 0 Å². The van der Waals surface area contributed by atoms with Crippen molar-refractivity contribution in [2.24, 2.45) is 0 Å². The van der Waals surface area contributed by atoms with Crippen molar-refractivity contribution < 1.29 is 14.3 Å². The van der Waals surface area contributed by atoms with Gasteiger partial charge in [-0.25, -0.2) is 4.98 Å². The first-order valence-corrected chi connectivity index (χ1v) is 9.25. The molecule has 0 saturated carbocycles. The van der Waals surface area contributed by atoms with Gasteiger partial charge in [0.1, 0.15) is 6.61 Å². The topological polar surface area (TPSA) is 80.3 Å². The highest BCUT2D eigenvalue weighted by atomic mass is 32.1. The van der Waals surface area contributed by atoms with Crippen LogP contribution in [0.25, 0.3) is 0 Å². The lowest BCUT2D eigenvalue weighted by molar-refractivity contribution is -0.144. The van der Waals surface area contributed by atoms with Gasteiger partial charge in [0.2, 0.25) is 5.91 Å². The van der Waals surface area contributed by atoms with E-state index in [-0.39, 0.29) is 24.9 Å². The van der Waals surface area contributed by atoms with Crippen LogP contribution < -0.4 is 10.6 Å². The van der Waals surface area contributed by atoms with Crippen LogP contribution in [0.1, 0.15) is 18.2 Å². The van der Waals surface area contributed by atoms with Gasteiger partial charge in [0, 0.05) is 23.7 Å². The second-order valence-corrected chi connectivity index (χ2v) is 6.71. The standard InChI is InChI=1S/C20H19N3O3S/c1-14(24)21-17-9-7-15(8-10-17)11-19(25)26-12-18-13-27-20(23-18)22-16-5-3-2-4-6-16/h2-10,13H,11-12H2,1H3,(H,21,24)(H,22,23). The molecule has 0 saturated heterocycles. The predicted octanol–water partition coefficient (Wildman–Crippen LogP) is 4.13. The zero-order valence-electron chi connectivity index (χ0n) is 14.8. The van der Waals surface area contributed by atoms with Crippen molar-refractivity contribution in [3.8, 4) is 0 Å². The maximum absolute atomic E-state index is 12.0. The Morgan fingerprint density at radius 3 is 2.48 bits per heavy atom. The van der Waals surface area contributed by atoms with E-state index >= 15 is 0 Å². The Morgan fingerprint density at radius 2 is 1.78 bits per heavy atom. The lowest BCUT2D eigenvalue weighted by Gasteiger charge is -2.05. The Hall–Kier alpha value is -3.19. The van der Waals surface area contributed by atoms with Crippen molar-refractivity contribution in [3.63, 3.8) is 0 Å². The summed E-state index contributed by atoms with van der Waals surface area (Å²) in [7, 11) is 0. The van der Waals surface area contributed by atoms with E-state index in [4.69, 9.17) is 4.74 Å². The minimum atomic E-state index is -0.326. The predicted molar refractivity (Wildman–Crippen MR) is 106 cm³/mol. The van der Waals surface area contributed by atoms with E-state index in [1.165, 1.54) is 18.3 Å². The molecule has 138 valence electrons. The lowest BCUT2D eigenvalue weighted by Crippen LogP contribution is -2.09. The first-order valence-electron chi connectivity index (χ1n) is 8.37. The van der Waals surface area contributed by atoms with E-state index < -0.39 is 0 Å². The molecule has 0 atom stereocenters. The molecular weight excluding hydrogens is 362 g/mol. The number of nitrogens with one attached hydrogen (secondary N) is 2. The quantitative estimate of drug-likeness (QED) is 0.602. The summed E-state index contributed by atoms with van der Waals surface area (Å²) < 4.78 is 5.30. The van der Waals surface area contributed by atoms with Gasteiger partial charge < -0.3 is 15.4 Å². The Morgan fingerprint density at radius 1 is 1.04 bits per heavy atom. The van der Waals surface area contributed by atoms with Crippen LogP contribution >= 0.6 is 11.3 Å². The minimum absolute atomic E-state index is 0.133. The number of ether oxygens (including phenoxy) is 1. The molecular formula is C20H19N3O3S. The van der Waals surface area contributed by atoms with Crippen molar-refractivity contribution in [2.45, 2.75) is 20.0 Å². The summed E-state index contributed by atoms with van der Waals surface area (Å²) in [5, 5.41) is 8.50. The molecule has 0 radical (unpaired) electrons. The van der Waals surface area contributed by atoms with Gasteiger partial charge in [-0.05, 0) is 29.8 Å². The molecule has 27 heavy (non-hydrogen) atoms. The van der Waals surface area contributed by atoms with Crippen LogP contribution in [0, 0.1) is 0 Å². The van der Waals surface area contributed by atoms with Crippen molar-refractivity contribution in [1.82, 2.24) is 4.98 Å². The fraction of sp³-hybridized carbons (Fsp3) is 0.150. The first kappa shape index (κ1) is 18.6. The highest BCUT2D eigenvalue weighted by Gasteiger charge is 2.08. The number of benzene rings is 2. The second kappa shape index (κ2) is 8.95. The fourth-order valence-electron chi connectivity index (χ4n) is 2.36. The number of nitrogens with zero attached hydrogens (tertiary/aromatic N) is 1. The molecule has 6 nitrogen and oxygen atoms in total. The van der Waals surface area contributed by atoms with Crippen molar-refractivity contribution in [1.29, 1.82) is 0 Å². The molecule has 3 rings (SSSR count). The largest absolute Gasteiger partial charge is 0.459 e. The first-order chi connectivity index (χ1) is 13.1. The summed E-state index contributed by atoms with van der Waals surface area (Å²) in [6, 6.07) is 16.8. The number of amides is 1. The number of hydrogen-bond acceptors (Lipinski definition) is 6. The molecule has 0 aliphatic heterocycles. The molecule has 7 heteroatoms. The number of carbonyl (C=O) groups is 2. The number of para-hydroxylation sites is 1. The van der Waals surface area contributed by atoms with Crippen LogP contribution in [-0.2, 0) is 27.4 Å². The maximum Gasteiger partial charge on any atom is 0.310 e. The van der Waals surface area contributed by atoms with Crippen LogP contribution in [-0.4, -0.2) is 16.9 Å². The van der Waals surface area contributed by atoms with Gasteiger partial charge in [-0.1, -0.05) is 30.3 Å². The van der Waals surface area contributed by atoms with Crippen LogP contribution in [0.5, 0.6) is 0 Å². The molecule has 0 aliphatic carbocycles. The average molecular weight is 381 g/mol. The Balaban J connectivity index is 1.47. The summed E-state index contributed by atoms with van der Waals surface area (Å²) in [5.74, 6) is -0.459. The van der Waals surface area contributed by atoms with Crippen LogP contribution in [0.2, 0.25) is 0 Å². The number of aromatic nitrogens is 1. The third-order valence-electron chi connectivity index (χ3n) is 3.58. The van der Waals surface area contributed by atoms with Gasteiger partial charge in [-0.2, -0.15) is 0 Å². The average Bonchev–Trinajstić information content (AvgIpc) is 3.09. The number of anilines is 3. The number of carbonyl (C=O) groups excluding carboxylic acids is 2. The smallest absolute Gasteiger partial charge is 0.310 e. The van der Waals surface area contributed by atoms with Gasteiger partial charge in [-0.3, -0.25) is 9.59 Å². The summed E-state index contributed by atoms with van der Waals surface area (Å²) in [5.41, 5.74) is 3.17. The number of esters is 1. The number of thiazole rings is 1. The van der Waals surface area contributed by atoms with Crippen molar-refractivity contribution in [3.05, 3.63) is 71.2 Å². The molecule has 1 aromatic heterocycles. The molecule has 0 spiro atoms. The molecule has 0 fully saturated rings. The van der Waals surface area contributed by atoms with E-state index in [0.717, 1.165) is 16.4 Å². The summed E-state index contributed by atoms with van der Waals surface area (Å²) in [6.45, 7) is 1.58. The Labute approximate surface area is 161 Å². The van der Waals surface area contributed by atoms with Crippen LogP contribution in [0.4, 0.5) is 16.5 Å². The van der Waals surface area contributed by atoms with Crippen LogP contribution in [0.3, 0.4) is 0 Å². The molecule has 3 aromatic rings. The summed E-state index contributed by atoms with van der Waals surface area (Å²) in [4.78, 5) is 27.4. The molecule has 2 aromatic carbocycles. The zero-order valence-corrected chi connectivity index (χ0v) is 15.6. The van der Waals surface area contributed by atoms with Crippen molar-refractivity contribution >= 4 is 39.7 Å². The highest BCUT2D eigenvalue weighted by Crippen LogP contribution is 2.21. The maximum atomic E-state index is 12.0. The third-order valence-corrected chi connectivity index (χ3v) is 4.39. The normalized spacial score (nSPS) is 10.3. The van der Waals surface area contributed by atoms with Gasteiger partial charge >= 0.3 is 5.97 Å². The number of hydrogen-bond donors (Lipinski definition) is 2. The molecule has 0 bridgehead atoms. The lowest BCUT2D eigenvalue weighted by atomic mass is 10.1. The van der Waals surface area contributed by atoms with Gasteiger partial charge in [0.05, 0.1) is 12.1 Å².